The molecule has 1 N–H and O–H groups in total. The summed E-state index contributed by atoms with van der Waals surface area (Å²) in [5.41, 5.74) is 0.346. The van der Waals surface area contributed by atoms with Crippen molar-refractivity contribution in [3.8, 4) is 18.1 Å². The van der Waals surface area contributed by atoms with Gasteiger partial charge in [0, 0.05) is 6.07 Å². The van der Waals surface area contributed by atoms with Gasteiger partial charge in [-0.05, 0) is 23.8 Å². The topological polar surface area (TPSA) is 98.9 Å². The van der Waals surface area contributed by atoms with Gasteiger partial charge >= 0.3 is 6.16 Å². The van der Waals surface area contributed by atoms with Crippen LogP contribution in [0.2, 0.25) is 0 Å². The van der Waals surface area contributed by atoms with E-state index in [1.807, 2.05) is 0 Å². The maximum absolute atomic E-state index is 11.2. The highest BCUT2D eigenvalue weighted by Gasteiger charge is 2.26. The third-order valence-corrected chi connectivity index (χ3v) is 3.14. The van der Waals surface area contributed by atoms with Gasteiger partial charge in [-0.3, -0.25) is 10.1 Å². The van der Waals surface area contributed by atoms with Crippen molar-refractivity contribution < 1.29 is 24.3 Å². The lowest BCUT2D eigenvalue weighted by atomic mass is 9.99. The SMILES string of the molecule is C#CCOc1ccc(C(OC(=O)O)c2ccccc2[N+](=O)[O-])cc1. The second-order valence-corrected chi connectivity index (χ2v) is 4.64. The zero-order valence-corrected chi connectivity index (χ0v) is 12.4. The molecule has 1 atom stereocenters. The second kappa shape index (κ2) is 7.65. The van der Waals surface area contributed by atoms with Gasteiger partial charge in [-0.25, -0.2) is 4.79 Å². The van der Waals surface area contributed by atoms with Crippen molar-refractivity contribution >= 4 is 11.8 Å². The Morgan fingerprint density at radius 3 is 2.50 bits per heavy atom. The summed E-state index contributed by atoms with van der Waals surface area (Å²) in [4.78, 5) is 21.6. The second-order valence-electron chi connectivity index (χ2n) is 4.64. The Hall–Kier alpha value is -3.53. The van der Waals surface area contributed by atoms with Crippen LogP contribution < -0.4 is 4.74 Å². The number of carbonyl (C=O) groups is 1. The molecule has 0 saturated heterocycles. The van der Waals surface area contributed by atoms with Crippen LogP contribution in [0.4, 0.5) is 10.5 Å². The smallest absolute Gasteiger partial charge is 0.481 e. The Balaban J connectivity index is 2.41. The highest BCUT2D eigenvalue weighted by molar-refractivity contribution is 5.59. The summed E-state index contributed by atoms with van der Waals surface area (Å²) in [5, 5.41) is 20.1. The predicted octanol–water partition coefficient (Wildman–Crippen LogP) is 3.39. The fraction of sp³-hybridized carbons (Fsp3) is 0.118. The van der Waals surface area contributed by atoms with Gasteiger partial charge in [0.1, 0.15) is 12.4 Å². The third-order valence-electron chi connectivity index (χ3n) is 3.14. The minimum Gasteiger partial charge on any atom is -0.481 e. The molecular weight excluding hydrogens is 314 g/mol. The van der Waals surface area contributed by atoms with Crippen molar-refractivity contribution in [3.05, 3.63) is 69.8 Å². The molecule has 0 amide bonds. The highest BCUT2D eigenvalue weighted by Crippen LogP contribution is 2.33. The van der Waals surface area contributed by atoms with Crippen LogP contribution in [0.25, 0.3) is 0 Å². The fourth-order valence-electron chi connectivity index (χ4n) is 2.15. The van der Waals surface area contributed by atoms with E-state index >= 15 is 0 Å². The van der Waals surface area contributed by atoms with Crippen LogP contribution in [0, 0.1) is 22.5 Å². The molecular formula is C17H13NO6. The molecule has 0 heterocycles. The Morgan fingerprint density at radius 2 is 1.92 bits per heavy atom. The van der Waals surface area contributed by atoms with Crippen LogP contribution in [-0.4, -0.2) is 22.8 Å². The Kier molecular flexibility index (Phi) is 5.36. The molecule has 24 heavy (non-hydrogen) atoms. The van der Waals surface area contributed by atoms with Gasteiger partial charge in [-0.15, -0.1) is 6.42 Å². The lowest BCUT2D eigenvalue weighted by Crippen LogP contribution is -2.12. The summed E-state index contributed by atoms with van der Waals surface area (Å²) in [6, 6.07) is 12.1. The number of para-hydroxylation sites is 1. The van der Waals surface area contributed by atoms with Crippen molar-refractivity contribution in [2.75, 3.05) is 6.61 Å². The molecule has 7 nitrogen and oxygen atoms in total. The van der Waals surface area contributed by atoms with Gasteiger partial charge in [0.25, 0.3) is 5.69 Å². The molecule has 0 aliphatic rings. The van der Waals surface area contributed by atoms with Crippen molar-refractivity contribution in [3.63, 3.8) is 0 Å². The first-order chi connectivity index (χ1) is 11.5. The van der Waals surface area contributed by atoms with Gasteiger partial charge in [0.15, 0.2) is 6.10 Å². The minimum absolute atomic E-state index is 0.0958. The van der Waals surface area contributed by atoms with E-state index in [-0.39, 0.29) is 17.9 Å². The lowest BCUT2D eigenvalue weighted by molar-refractivity contribution is -0.386. The molecule has 0 aliphatic heterocycles. The first-order valence-electron chi connectivity index (χ1n) is 6.82. The molecule has 0 bridgehead atoms. The monoisotopic (exact) mass is 327 g/mol. The molecule has 2 aromatic rings. The first-order valence-corrected chi connectivity index (χ1v) is 6.82. The molecule has 122 valence electrons. The standard InChI is InChI=1S/C17H13NO6/c1-2-11-23-13-9-7-12(8-10-13)16(24-17(19)20)14-5-3-4-6-15(14)18(21)22/h1,3-10,16H,11H2,(H,19,20). The van der Waals surface area contributed by atoms with Crippen molar-refractivity contribution in [1.29, 1.82) is 0 Å². The molecule has 0 radical (unpaired) electrons. The normalized spacial score (nSPS) is 11.1. The van der Waals surface area contributed by atoms with Gasteiger partial charge in [0.2, 0.25) is 0 Å². The lowest BCUT2D eigenvalue weighted by Gasteiger charge is -2.17. The van der Waals surface area contributed by atoms with Crippen molar-refractivity contribution in [2.45, 2.75) is 6.10 Å². The van der Waals surface area contributed by atoms with Crippen molar-refractivity contribution in [2.24, 2.45) is 0 Å². The first kappa shape index (κ1) is 16.8. The van der Waals surface area contributed by atoms with E-state index in [1.54, 1.807) is 30.3 Å². The Bertz CT molecular complexity index is 778. The summed E-state index contributed by atoms with van der Waals surface area (Å²) < 4.78 is 10.1. The van der Waals surface area contributed by atoms with Crippen molar-refractivity contribution in [1.82, 2.24) is 0 Å². The number of hydrogen-bond acceptors (Lipinski definition) is 5. The Morgan fingerprint density at radius 1 is 1.25 bits per heavy atom. The maximum atomic E-state index is 11.2. The molecule has 0 fully saturated rings. The van der Waals surface area contributed by atoms with Crippen LogP contribution in [-0.2, 0) is 4.74 Å². The number of hydrogen-bond donors (Lipinski definition) is 1. The maximum Gasteiger partial charge on any atom is 0.506 e. The zero-order chi connectivity index (χ0) is 17.5. The largest absolute Gasteiger partial charge is 0.506 e. The molecule has 1 unspecified atom stereocenters. The van der Waals surface area contributed by atoms with Gasteiger partial charge < -0.3 is 14.6 Å². The third kappa shape index (κ3) is 4.01. The van der Waals surface area contributed by atoms with E-state index in [2.05, 4.69) is 5.92 Å². The average Bonchev–Trinajstić information content (AvgIpc) is 2.58. The number of nitro groups is 1. The van der Waals surface area contributed by atoms with Crippen LogP contribution in [0.1, 0.15) is 17.2 Å². The number of carboxylic acid groups (broad SMARTS) is 1. The van der Waals surface area contributed by atoms with E-state index in [9.17, 15) is 14.9 Å². The predicted molar refractivity (Wildman–Crippen MR) is 84.8 cm³/mol. The molecule has 2 rings (SSSR count). The summed E-state index contributed by atoms with van der Waals surface area (Å²) in [5.74, 6) is 2.82. The molecule has 7 heteroatoms. The average molecular weight is 327 g/mol. The van der Waals surface area contributed by atoms with Crippen LogP contribution in [0.15, 0.2) is 48.5 Å². The highest BCUT2D eigenvalue weighted by atomic mass is 16.7. The van der Waals surface area contributed by atoms with Crippen LogP contribution in [0.3, 0.4) is 0 Å². The molecule has 0 spiro atoms. The summed E-state index contributed by atoms with van der Waals surface area (Å²) in [6.07, 6.45) is 2.44. The summed E-state index contributed by atoms with van der Waals surface area (Å²) >= 11 is 0. The number of rotatable bonds is 6. The number of ether oxygens (including phenoxy) is 2. The van der Waals surface area contributed by atoms with Gasteiger partial charge in [-0.1, -0.05) is 30.2 Å². The number of nitrogens with zero attached hydrogens (tertiary/aromatic N) is 1. The van der Waals surface area contributed by atoms with Crippen LogP contribution >= 0.6 is 0 Å². The Labute approximate surface area is 137 Å². The quantitative estimate of drug-likeness (QED) is 0.378. The minimum atomic E-state index is -1.54. The molecule has 0 aliphatic carbocycles. The van der Waals surface area contributed by atoms with E-state index in [0.717, 1.165) is 0 Å². The summed E-state index contributed by atoms with van der Waals surface area (Å²) in [7, 11) is 0. The van der Waals surface area contributed by atoms with E-state index in [1.165, 1.54) is 18.2 Å². The molecule has 0 saturated carbocycles. The fourth-order valence-corrected chi connectivity index (χ4v) is 2.15. The van der Waals surface area contributed by atoms with Gasteiger partial charge in [-0.2, -0.15) is 0 Å². The van der Waals surface area contributed by atoms with E-state index in [4.69, 9.17) is 21.0 Å². The zero-order valence-electron chi connectivity index (χ0n) is 12.4. The van der Waals surface area contributed by atoms with E-state index < -0.39 is 17.2 Å². The molecule has 0 aromatic heterocycles. The van der Waals surface area contributed by atoms with Gasteiger partial charge in [0.05, 0.1) is 10.5 Å². The van der Waals surface area contributed by atoms with E-state index in [0.29, 0.717) is 11.3 Å². The summed E-state index contributed by atoms with van der Waals surface area (Å²) in [6.45, 7) is 0.0958. The van der Waals surface area contributed by atoms with Crippen LogP contribution in [0.5, 0.6) is 5.75 Å². The number of benzene rings is 2. The number of nitro benzene ring substituents is 1. The molecule has 2 aromatic carbocycles. The number of terminal acetylenes is 1.